The zero-order chi connectivity index (χ0) is 13.0. The maximum Gasteiger partial charge on any atom is 0.146 e. The number of hydrogen-bond donors (Lipinski definition) is 0. The molecule has 0 rings (SSSR count). The van der Waals surface area contributed by atoms with Crippen LogP contribution in [0.2, 0.25) is 19.6 Å². The van der Waals surface area contributed by atoms with E-state index in [0.717, 1.165) is 0 Å². The third kappa shape index (κ3) is 6.57. The third-order valence-corrected chi connectivity index (χ3v) is 3.08. The molecule has 0 fully saturated rings. The minimum atomic E-state index is -1.36. The summed E-state index contributed by atoms with van der Waals surface area (Å²) in [6, 6.07) is 0. The van der Waals surface area contributed by atoms with E-state index >= 15 is 0 Å². The van der Waals surface area contributed by atoms with E-state index in [1.54, 1.807) is 0 Å². The molecule has 0 saturated carbocycles. The van der Waals surface area contributed by atoms with Gasteiger partial charge in [-0.2, -0.15) is 0 Å². The minimum Gasteiger partial charge on any atom is -0.300 e. The summed E-state index contributed by atoms with van der Waals surface area (Å²) < 4.78 is 0. The van der Waals surface area contributed by atoms with Crippen molar-refractivity contribution in [1.82, 2.24) is 0 Å². The number of carbonyl (C=O) groups is 2. The summed E-state index contributed by atoms with van der Waals surface area (Å²) in [5.41, 5.74) is 2.74. The molecule has 0 atom stereocenters. The molecular formula is C13H22O2Si. The largest absolute Gasteiger partial charge is 0.300 e. The summed E-state index contributed by atoms with van der Waals surface area (Å²) in [5, 5.41) is 0. The number of Topliss-reactive ketones (excluding diaryl/α,β-unsaturated/α-hetero) is 2. The lowest BCUT2D eigenvalue weighted by Gasteiger charge is -2.19. The molecule has 0 bridgehead atoms. The molecule has 90 valence electrons. The van der Waals surface area contributed by atoms with Gasteiger partial charge in [-0.25, -0.2) is 0 Å². The van der Waals surface area contributed by atoms with Crippen molar-refractivity contribution in [3.63, 3.8) is 0 Å². The fraction of sp³-hybridized carbons (Fsp3) is 0.692. The molecule has 0 radical (unpaired) electrons. The van der Waals surface area contributed by atoms with Gasteiger partial charge in [0.05, 0.1) is 6.42 Å². The van der Waals surface area contributed by atoms with Gasteiger partial charge in [-0.05, 0) is 6.92 Å². The van der Waals surface area contributed by atoms with Gasteiger partial charge >= 0.3 is 0 Å². The van der Waals surface area contributed by atoms with Crippen LogP contribution in [0.4, 0.5) is 0 Å². The Morgan fingerprint density at radius 3 is 2.06 bits per heavy atom. The summed E-state index contributed by atoms with van der Waals surface area (Å²) >= 11 is 0. The van der Waals surface area contributed by atoms with Gasteiger partial charge in [0.2, 0.25) is 0 Å². The van der Waals surface area contributed by atoms with E-state index in [4.69, 9.17) is 0 Å². The van der Waals surface area contributed by atoms with Crippen molar-refractivity contribution in [2.75, 3.05) is 0 Å². The van der Waals surface area contributed by atoms with Crippen LogP contribution in [0.1, 0.15) is 33.6 Å². The first-order valence-electron chi connectivity index (χ1n) is 5.57. The van der Waals surface area contributed by atoms with E-state index in [1.807, 2.05) is 13.8 Å². The smallest absolute Gasteiger partial charge is 0.146 e. The molecule has 0 aromatic rings. The predicted molar refractivity (Wildman–Crippen MR) is 69.8 cm³/mol. The summed E-state index contributed by atoms with van der Waals surface area (Å²) in [6.45, 7) is 11.7. The summed E-state index contributed by atoms with van der Waals surface area (Å²) in [5.74, 6) is 3.02. The van der Waals surface area contributed by atoms with Crippen LogP contribution in [0.15, 0.2) is 0 Å². The molecule has 0 aliphatic carbocycles. The highest BCUT2D eigenvalue weighted by Gasteiger charge is 2.27. The quantitative estimate of drug-likeness (QED) is 0.429. The molecule has 0 amide bonds. The van der Waals surface area contributed by atoms with E-state index in [9.17, 15) is 9.59 Å². The molecule has 3 heteroatoms. The zero-order valence-electron chi connectivity index (χ0n) is 11.2. The maximum absolute atomic E-state index is 11.8. The van der Waals surface area contributed by atoms with Crippen LogP contribution in [0.5, 0.6) is 0 Å². The molecule has 16 heavy (non-hydrogen) atoms. The Morgan fingerprint density at radius 1 is 1.19 bits per heavy atom. The van der Waals surface area contributed by atoms with Gasteiger partial charge in [-0.3, -0.25) is 9.59 Å². The van der Waals surface area contributed by atoms with Crippen LogP contribution in [-0.4, -0.2) is 19.6 Å². The lowest BCUT2D eigenvalue weighted by atomic mass is 9.83. The van der Waals surface area contributed by atoms with Gasteiger partial charge in [-0.15, -0.1) is 11.5 Å². The van der Waals surface area contributed by atoms with Crippen molar-refractivity contribution in [3.8, 4) is 11.5 Å². The van der Waals surface area contributed by atoms with Crippen molar-refractivity contribution in [2.45, 2.75) is 53.3 Å². The van der Waals surface area contributed by atoms with Gasteiger partial charge in [0.15, 0.2) is 0 Å². The first-order chi connectivity index (χ1) is 7.04. The second-order valence-electron chi connectivity index (χ2n) is 5.91. The Bertz CT molecular complexity index is 337. The van der Waals surface area contributed by atoms with Gasteiger partial charge < -0.3 is 0 Å². The SMILES string of the molecule is CC(=O)CC(=O)C(C)(C)CC#C[Si](C)(C)C. The summed E-state index contributed by atoms with van der Waals surface area (Å²) in [6.07, 6.45) is 0.574. The van der Waals surface area contributed by atoms with Crippen molar-refractivity contribution in [3.05, 3.63) is 0 Å². The Kier molecular flexibility index (Phi) is 5.15. The highest BCUT2D eigenvalue weighted by Crippen LogP contribution is 2.22. The van der Waals surface area contributed by atoms with E-state index in [2.05, 4.69) is 31.1 Å². The summed E-state index contributed by atoms with van der Waals surface area (Å²) in [7, 11) is -1.36. The Hall–Kier alpha value is -0.883. The van der Waals surface area contributed by atoms with Crippen LogP contribution in [0.3, 0.4) is 0 Å². The molecule has 0 aromatic heterocycles. The first kappa shape index (κ1) is 15.1. The number of carbonyl (C=O) groups excluding carboxylic acids is 2. The van der Waals surface area contributed by atoms with Crippen LogP contribution in [0.25, 0.3) is 0 Å². The van der Waals surface area contributed by atoms with E-state index < -0.39 is 13.5 Å². The lowest BCUT2D eigenvalue weighted by molar-refractivity contribution is -0.131. The van der Waals surface area contributed by atoms with Gasteiger partial charge in [0.1, 0.15) is 19.6 Å². The molecule has 0 spiro atoms. The molecule has 0 heterocycles. The lowest BCUT2D eigenvalue weighted by Crippen LogP contribution is -2.26. The van der Waals surface area contributed by atoms with Crippen molar-refractivity contribution >= 4 is 19.6 Å². The topological polar surface area (TPSA) is 34.1 Å². The second-order valence-corrected chi connectivity index (χ2v) is 10.7. The molecule has 0 aliphatic rings. The molecule has 0 saturated heterocycles. The van der Waals surface area contributed by atoms with Crippen LogP contribution in [-0.2, 0) is 9.59 Å². The Labute approximate surface area is 99.8 Å². The Balaban J connectivity index is 4.50. The summed E-state index contributed by atoms with van der Waals surface area (Å²) in [4.78, 5) is 22.6. The number of hydrogen-bond acceptors (Lipinski definition) is 2. The fourth-order valence-electron chi connectivity index (χ4n) is 1.09. The molecule has 0 aromatic carbocycles. The molecule has 0 N–H and O–H groups in total. The van der Waals surface area contributed by atoms with Gasteiger partial charge in [-0.1, -0.05) is 33.5 Å². The van der Waals surface area contributed by atoms with Gasteiger partial charge in [0, 0.05) is 11.8 Å². The highest BCUT2D eigenvalue weighted by atomic mass is 28.3. The average molecular weight is 238 g/mol. The van der Waals surface area contributed by atoms with E-state index in [-0.39, 0.29) is 18.0 Å². The molecule has 0 unspecified atom stereocenters. The maximum atomic E-state index is 11.8. The van der Waals surface area contributed by atoms with Crippen LogP contribution in [0, 0.1) is 16.9 Å². The standard InChI is InChI=1S/C13H22O2Si/c1-11(14)10-12(15)13(2,3)8-7-9-16(4,5)6/h8,10H2,1-6H3. The van der Waals surface area contributed by atoms with Crippen LogP contribution < -0.4 is 0 Å². The Morgan fingerprint density at radius 2 is 1.69 bits per heavy atom. The fourth-order valence-corrected chi connectivity index (χ4v) is 1.71. The number of ketones is 2. The molecule has 0 aliphatic heterocycles. The zero-order valence-corrected chi connectivity index (χ0v) is 12.2. The monoisotopic (exact) mass is 238 g/mol. The molecule has 2 nitrogen and oxygen atoms in total. The van der Waals surface area contributed by atoms with E-state index in [0.29, 0.717) is 6.42 Å². The highest BCUT2D eigenvalue weighted by molar-refractivity contribution is 6.83. The predicted octanol–water partition coefficient (Wildman–Crippen LogP) is 2.83. The van der Waals surface area contributed by atoms with Crippen molar-refractivity contribution < 1.29 is 9.59 Å². The average Bonchev–Trinajstić information content (AvgIpc) is 1.99. The van der Waals surface area contributed by atoms with Gasteiger partial charge in [0.25, 0.3) is 0 Å². The first-order valence-corrected chi connectivity index (χ1v) is 9.07. The van der Waals surface area contributed by atoms with Crippen molar-refractivity contribution in [1.29, 1.82) is 0 Å². The van der Waals surface area contributed by atoms with E-state index in [1.165, 1.54) is 6.92 Å². The minimum absolute atomic E-state index is 0.00937. The normalized spacial score (nSPS) is 11.6. The van der Waals surface area contributed by atoms with Crippen molar-refractivity contribution in [2.24, 2.45) is 5.41 Å². The van der Waals surface area contributed by atoms with Crippen LogP contribution >= 0.6 is 0 Å². The molecular weight excluding hydrogens is 216 g/mol. The number of rotatable bonds is 4. The third-order valence-electron chi connectivity index (χ3n) is 2.16. The second kappa shape index (κ2) is 5.45.